The maximum atomic E-state index is 6.32. The molecule has 0 aliphatic heterocycles. The van der Waals surface area contributed by atoms with Crippen molar-refractivity contribution in [2.75, 3.05) is 7.11 Å². The van der Waals surface area contributed by atoms with Gasteiger partial charge in [0.15, 0.2) is 0 Å². The summed E-state index contributed by atoms with van der Waals surface area (Å²) in [5.74, 6) is 1.12. The first-order chi connectivity index (χ1) is 9.13. The van der Waals surface area contributed by atoms with Gasteiger partial charge in [0.05, 0.1) is 7.11 Å². The first-order valence-electron chi connectivity index (χ1n) is 6.16. The van der Waals surface area contributed by atoms with E-state index in [0.29, 0.717) is 5.92 Å². The zero-order valence-corrected chi connectivity index (χ0v) is 13.3. The smallest absolute Gasteiger partial charge is 0.120 e. The molecule has 0 heterocycles. The summed E-state index contributed by atoms with van der Waals surface area (Å²) in [5.41, 5.74) is 2.37. The Hall–Kier alpha value is -0.990. The highest BCUT2D eigenvalue weighted by atomic mass is 79.9. The molecular weight excluding hydrogens is 324 g/mol. The second-order valence-corrected chi connectivity index (χ2v) is 5.88. The summed E-state index contributed by atoms with van der Waals surface area (Å²) in [4.78, 5) is 0.174. The fraction of sp³-hybridized carbons (Fsp3) is 0.250. The minimum atomic E-state index is 0.174. The molecule has 0 amide bonds. The van der Waals surface area contributed by atoms with Gasteiger partial charge in [0.1, 0.15) is 5.75 Å². The molecule has 0 aliphatic carbocycles. The van der Waals surface area contributed by atoms with Gasteiger partial charge in [-0.1, -0.05) is 70.9 Å². The lowest BCUT2D eigenvalue weighted by Crippen LogP contribution is -2.03. The lowest BCUT2D eigenvalue weighted by Gasteiger charge is -2.20. The Morgan fingerprint density at radius 1 is 1.11 bits per heavy atom. The molecule has 2 atom stereocenters. The van der Waals surface area contributed by atoms with Crippen molar-refractivity contribution in [1.29, 1.82) is 0 Å². The second kappa shape index (κ2) is 6.44. The average Bonchev–Trinajstić information content (AvgIpc) is 2.46. The molecule has 0 N–H and O–H groups in total. The van der Waals surface area contributed by atoms with Crippen LogP contribution in [0.3, 0.4) is 0 Å². The van der Waals surface area contributed by atoms with E-state index in [4.69, 9.17) is 16.3 Å². The van der Waals surface area contributed by atoms with Crippen molar-refractivity contribution < 1.29 is 4.74 Å². The highest BCUT2D eigenvalue weighted by molar-refractivity contribution is 9.09. The van der Waals surface area contributed by atoms with Crippen LogP contribution in [0.25, 0.3) is 0 Å². The van der Waals surface area contributed by atoms with Gasteiger partial charge in [0, 0.05) is 9.85 Å². The molecular formula is C16H16BrClO. The topological polar surface area (TPSA) is 9.23 Å². The first-order valence-corrected chi connectivity index (χ1v) is 7.45. The zero-order valence-electron chi connectivity index (χ0n) is 10.9. The molecule has 2 aromatic rings. The van der Waals surface area contributed by atoms with E-state index < -0.39 is 0 Å². The third-order valence-electron chi connectivity index (χ3n) is 3.27. The number of ether oxygens (including phenoxy) is 1. The molecule has 0 spiro atoms. The molecule has 2 aromatic carbocycles. The van der Waals surface area contributed by atoms with E-state index in [-0.39, 0.29) is 4.83 Å². The maximum absolute atomic E-state index is 6.32. The number of hydrogen-bond acceptors (Lipinski definition) is 1. The van der Waals surface area contributed by atoms with Crippen molar-refractivity contribution in [2.45, 2.75) is 17.7 Å². The normalized spacial score (nSPS) is 13.9. The third kappa shape index (κ3) is 3.31. The van der Waals surface area contributed by atoms with Crippen molar-refractivity contribution in [3.63, 3.8) is 0 Å². The van der Waals surface area contributed by atoms with Gasteiger partial charge >= 0.3 is 0 Å². The molecule has 2 unspecified atom stereocenters. The molecule has 100 valence electrons. The van der Waals surface area contributed by atoms with Crippen LogP contribution < -0.4 is 4.74 Å². The van der Waals surface area contributed by atoms with Gasteiger partial charge in [-0.2, -0.15) is 0 Å². The van der Waals surface area contributed by atoms with Gasteiger partial charge in [0.25, 0.3) is 0 Å². The summed E-state index contributed by atoms with van der Waals surface area (Å²) in [7, 11) is 1.64. The van der Waals surface area contributed by atoms with E-state index in [1.54, 1.807) is 7.11 Å². The van der Waals surface area contributed by atoms with E-state index in [9.17, 15) is 0 Å². The summed E-state index contributed by atoms with van der Waals surface area (Å²) in [6.07, 6.45) is 0. The molecule has 3 heteroatoms. The Bertz CT molecular complexity index is 542. The Kier molecular flexibility index (Phi) is 4.89. The summed E-state index contributed by atoms with van der Waals surface area (Å²) in [5, 5.41) is 0.726. The fourth-order valence-corrected chi connectivity index (χ4v) is 3.18. The third-order valence-corrected chi connectivity index (χ3v) is 4.88. The van der Waals surface area contributed by atoms with Crippen molar-refractivity contribution >= 4 is 27.5 Å². The number of hydrogen-bond donors (Lipinski definition) is 0. The van der Waals surface area contributed by atoms with Crippen LogP contribution in [-0.2, 0) is 0 Å². The van der Waals surface area contributed by atoms with Gasteiger partial charge in [0.2, 0.25) is 0 Å². The summed E-state index contributed by atoms with van der Waals surface area (Å²) >= 11 is 10.1. The molecule has 0 saturated carbocycles. The minimum absolute atomic E-state index is 0.174. The van der Waals surface area contributed by atoms with Gasteiger partial charge in [-0.15, -0.1) is 0 Å². The number of methoxy groups -OCH3 is 1. The number of halogens is 2. The van der Waals surface area contributed by atoms with Gasteiger partial charge in [-0.3, -0.25) is 0 Å². The van der Waals surface area contributed by atoms with Crippen molar-refractivity contribution in [3.8, 4) is 5.75 Å². The standard InChI is InChI=1S/C16H16BrClO/c1-11(12-6-4-3-5-7-12)16(17)14-9-8-13(19-2)10-15(14)18/h3-11,16H,1-2H3. The predicted molar refractivity (Wildman–Crippen MR) is 84.5 cm³/mol. The van der Waals surface area contributed by atoms with Crippen LogP contribution in [0, 0.1) is 0 Å². The monoisotopic (exact) mass is 338 g/mol. The van der Waals surface area contributed by atoms with Crippen LogP contribution >= 0.6 is 27.5 Å². The molecule has 1 nitrogen and oxygen atoms in total. The lowest BCUT2D eigenvalue weighted by atomic mass is 9.93. The van der Waals surface area contributed by atoms with Crippen molar-refractivity contribution in [2.24, 2.45) is 0 Å². The van der Waals surface area contributed by atoms with E-state index in [2.05, 4.69) is 47.1 Å². The molecule has 0 radical (unpaired) electrons. The summed E-state index contributed by atoms with van der Waals surface area (Å²) in [6.45, 7) is 2.19. The van der Waals surface area contributed by atoms with Gasteiger partial charge in [-0.05, 0) is 29.2 Å². The highest BCUT2D eigenvalue weighted by Gasteiger charge is 2.20. The number of benzene rings is 2. The molecule has 2 rings (SSSR count). The Labute approximate surface area is 127 Å². The van der Waals surface area contributed by atoms with Crippen molar-refractivity contribution in [1.82, 2.24) is 0 Å². The average molecular weight is 340 g/mol. The quantitative estimate of drug-likeness (QED) is 0.660. The van der Waals surface area contributed by atoms with Gasteiger partial charge in [-0.25, -0.2) is 0 Å². The highest BCUT2D eigenvalue weighted by Crippen LogP contribution is 2.41. The van der Waals surface area contributed by atoms with Crippen molar-refractivity contribution in [3.05, 3.63) is 64.7 Å². The fourth-order valence-electron chi connectivity index (χ4n) is 2.05. The molecule has 19 heavy (non-hydrogen) atoms. The lowest BCUT2D eigenvalue weighted by molar-refractivity contribution is 0.414. The SMILES string of the molecule is COc1ccc(C(Br)C(C)c2ccccc2)c(Cl)c1. The first kappa shape index (κ1) is 14.4. The van der Waals surface area contributed by atoms with Crippen LogP contribution in [0.4, 0.5) is 0 Å². The van der Waals surface area contributed by atoms with Crippen LogP contribution in [-0.4, -0.2) is 7.11 Å². The van der Waals surface area contributed by atoms with Gasteiger partial charge < -0.3 is 4.74 Å². The minimum Gasteiger partial charge on any atom is -0.497 e. The van der Waals surface area contributed by atoms with E-state index in [0.717, 1.165) is 16.3 Å². The maximum Gasteiger partial charge on any atom is 0.120 e. The summed E-state index contributed by atoms with van der Waals surface area (Å²) < 4.78 is 5.18. The Morgan fingerprint density at radius 2 is 1.79 bits per heavy atom. The molecule has 0 saturated heterocycles. The van der Waals surface area contributed by atoms with Crippen LogP contribution in [0.5, 0.6) is 5.75 Å². The second-order valence-electron chi connectivity index (χ2n) is 4.49. The van der Waals surface area contributed by atoms with E-state index in [1.165, 1.54) is 5.56 Å². The van der Waals surface area contributed by atoms with E-state index >= 15 is 0 Å². The molecule has 0 fully saturated rings. The van der Waals surface area contributed by atoms with Crippen LogP contribution in [0.15, 0.2) is 48.5 Å². The Balaban J connectivity index is 2.26. The molecule has 0 bridgehead atoms. The number of alkyl halides is 1. The largest absolute Gasteiger partial charge is 0.497 e. The molecule has 0 aromatic heterocycles. The zero-order chi connectivity index (χ0) is 13.8. The van der Waals surface area contributed by atoms with E-state index in [1.807, 2.05) is 24.3 Å². The Morgan fingerprint density at radius 3 is 2.37 bits per heavy atom. The summed E-state index contributed by atoms with van der Waals surface area (Å²) in [6, 6.07) is 16.2. The van der Waals surface area contributed by atoms with Crippen LogP contribution in [0.2, 0.25) is 5.02 Å². The predicted octanol–water partition coefficient (Wildman–Crippen LogP) is 5.59. The molecule has 0 aliphatic rings. The van der Waals surface area contributed by atoms with Crippen LogP contribution in [0.1, 0.15) is 28.8 Å². The number of rotatable bonds is 4.